The summed E-state index contributed by atoms with van der Waals surface area (Å²) in [5.74, 6) is 1.41. The minimum Gasteiger partial charge on any atom is -0.365 e. The lowest BCUT2D eigenvalue weighted by Gasteiger charge is -2.09. The number of rotatable bonds is 5. The third kappa shape index (κ3) is 7.33. The molecule has 0 unspecified atom stereocenters. The molecule has 0 amide bonds. The number of hydrogen-bond donors (Lipinski definition) is 1. The maximum absolute atomic E-state index is 4.93. The topological polar surface area (TPSA) is 21.3 Å². The lowest BCUT2D eigenvalue weighted by atomic mass is 10.00. The van der Waals surface area contributed by atoms with E-state index in [1.807, 2.05) is 6.07 Å². The van der Waals surface area contributed by atoms with Crippen molar-refractivity contribution in [2.75, 3.05) is 19.2 Å². The van der Waals surface area contributed by atoms with Crippen molar-refractivity contribution < 1.29 is 6.16 Å². The summed E-state index contributed by atoms with van der Waals surface area (Å²) in [6.45, 7) is 7.17. The highest BCUT2D eigenvalue weighted by Gasteiger charge is 2.01. The van der Waals surface area contributed by atoms with Crippen molar-refractivity contribution in [3.63, 3.8) is 0 Å². The number of benzene rings is 1. The van der Waals surface area contributed by atoms with E-state index in [1.165, 1.54) is 24.8 Å². The second kappa shape index (κ2) is 10.9. The smallest absolute Gasteiger partial charge is 0.116 e. The number of hydrogen-bond acceptors (Lipinski definition) is 2. The van der Waals surface area contributed by atoms with Crippen LogP contribution in [-0.4, -0.2) is 13.8 Å². The van der Waals surface area contributed by atoms with Crippen molar-refractivity contribution in [3.8, 4) is 0 Å². The van der Waals surface area contributed by atoms with Gasteiger partial charge in [-0.25, -0.2) is 0 Å². The third-order valence-corrected chi connectivity index (χ3v) is 3.74. The fraction of sp³-hybridized carbons (Fsp3) is 0.500. The zero-order valence-corrected chi connectivity index (χ0v) is 14.4. The summed E-state index contributed by atoms with van der Waals surface area (Å²) >= 11 is 0. The average Bonchev–Trinajstić information content (AvgIpc) is 2.82. The largest absolute Gasteiger partial charge is 0.365 e. The molecule has 0 atom stereocenters. The van der Waals surface area contributed by atoms with Gasteiger partial charge in [0.05, 0.1) is 0 Å². The van der Waals surface area contributed by atoms with Crippen molar-refractivity contribution in [1.29, 1.82) is 0 Å². The Morgan fingerprint density at radius 1 is 1.27 bits per heavy atom. The molecule has 1 aliphatic rings. The van der Waals surface area contributed by atoms with Crippen molar-refractivity contribution in [2.24, 2.45) is 5.92 Å². The number of methoxy groups -OCH3 is 1. The molecular formula is C20H31NO. The molecule has 0 radical (unpaired) electrons. The first kappa shape index (κ1) is 18.3. The maximum Gasteiger partial charge on any atom is 0.116 e. The van der Waals surface area contributed by atoms with Crippen LogP contribution >= 0.6 is 0 Å². The standard InChI is InChI=1S/C11H17NO.C9H12.H2/c1-9(2)10-5-4-6-11(7-10)12-8-13-3;1-2-9-7-5-3-4-6-8-9;/h4-7,9,12H,8H2,1-3H3;5-6,9H,2,7-8H2,1H3;1H. The van der Waals surface area contributed by atoms with Crippen LogP contribution in [0.15, 0.2) is 47.9 Å². The van der Waals surface area contributed by atoms with Crippen molar-refractivity contribution in [1.82, 2.24) is 0 Å². The number of allylic oxidation sites excluding steroid dienone is 2. The van der Waals surface area contributed by atoms with E-state index in [4.69, 9.17) is 4.74 Å². The highest BCUT2D eigenvalue weighted by atomic mass is 16.5. The summed E-state index contributed by atoms with van der Waals surface area (Å²) < 4.78 is 4.93. The Morgan fingerprint density at radius 2 is 1.95 bits per heavy atom. The Balaban J connectivity index is 0.000000427. The predicted octanol–water partition coefficient (Wildman–Crippen LogP) is 5.74. The molecule has 2 heteroatoms. The Morgan fingerprint density at radius 3 is 2.50 bits per heavy atom. The van der Waals surface area contributed by atoms with Crippen molar-refractivity contribution >= 4 is 5.69 Å². The maximum atomic E-state index is 4.93. The lowest BCUT2D eigenvalue weighted by molar-refractivity contribution is 0.221. The predicted molar refractivity (Wildman–Crippen MR) is 97.3 cm³/mol. The van der Waals surface area contributed by atoms with Gasteiger partial charge in [0.15, 0.2) is 0 Å². The first-order chi connectivity index (χ1) is 10.7. The van der Waals surface area contributed by atoms with E-state index in [2.05, 4.69) is 67.9 Å². The van der Waals surface area contributed by atoms with Gasteiger partial charge in [-0.15, -0.1) is 0 Å². The van der Waals surface area contributed by atoms with Crippen LogP contribution < -0.4 is 5.32 Å². The number of nitrogens with one attached hydrogen (secondary N) is 1. The van der Waals surface area contributed by atoms with Gasteiger partial charge in [-0.1, -0.05) is 50.8 Å². The molecule has 0 fully saturated rings. The van der Waals surface area contributed by atoms with Gasteiger partial charge in [-0.3, -0.25) is 0 Å². The second-order valence-electron chi connectivity index (χ2n) is 5.83. The minimum absolute atomic E-state index is 0. The Labute approximate surface area is 137 Å². The molecule has 1 aliphatic carbocycles. The molecule has 0 heterocycles. The van der Waals surface area contributed by atoms with Crippen LogP contribution in [0.25, 0.3) is 0 Å². The van der Waals surface area contributed by atoms with E-state index < -0.39 is 0 Å². The molecule has 22 heavy (non-hydrogen) atoms. The van der Waals surface area contributed by atoms with E-state index in [-0.39, 0.29) is 1.43 Å². The number of ether oxygens (including phenoxy) is 1. The normalized spacial score (nSPS) is 13.7. The SMILES string of the molecule is CCC1CC=C=C=CC1.COCNc1cccc(C(C)C)c1.[HH]. The molecule has 2 rings (SSSR count). The van der Waals surface area contributed by atoms with E-state index in [9.17, 15) is 0 Å². The molecule has 1 N–H and O–H groups in total. The van der Waals surface area contributed by atoms with E-state index in [1.54, 1.807) is 7.11 Å². The number of anilines is 1. The zero-order valence-electron chi connectivity index (χ0n) is 14.4. The highest BCUT2D eigenvalue weighted by Crippen LogP contribution is 2.18. The van der Waals surface area contributed by atoms with Crippen LogP contribution in [-0.2, 0) is 4.74 Å². The van der Waals surface area contributed by atoms with Crippen molar-refractivity contribution in [3.05, 3.63) is 53.4 Å². The van der Waals surface area contributed by atoms with Crippen LogP contribution in [0.3, 0.4) is 0 Å². The summed E-state index contributed by atoms with van der Waals surface area (Å²) in [4.78, 5) is 0. The zero-order chi connectivity index (χ0) is 16.2. The summed E-state index contributed by atoms with van der Waals surface area (Å²) in [5.41, 5.74) is 8.43. The second-order valence-corrected chi connectivity index (χ2v) is 5.83. The molecule has 0 spiro atoms. The molecule has 2 nitrogen and oxygen atoms in total. The van der Waals surface area contributed by atoms with E-state index in [0.29, 0.717) is 12.6 Å². The van der Waals surface area contributed by atoms with E-state index >= 15 is 0 Å². The quantitative estimate of drug-likeness (QED) is 0.552. The van der Waals surface area contributed by atoms with Gasteiger partial charge in [0.2, 0.25) is 0 Å². The molecule has 1 aromatic rings. The minimum atomic E-state index is 0. The van der Waals surface area contributed by atoms with Gasteiger partial charge in [0, 0.05) is 14.2 Å². The molecule has 122 valence electrons. The van der Waals surface area contributed by atoms with Gasteiger partial charge in [-0.2, -0.15) is 0 Å². The van der Waals surface area contributed by atoms with Gasteiger partial charge in [0.1, 0.15) is 6.73 Å². The van der Waals surface area contributed by atoms with Gasteiger partial charge in [-0.05, 0) is 54.5 Å². The first-order valence-electron chi connectivity index (χ1n) is 8.14. The summed E-state index contributed by atoms with van der Waals surface area (Å²) in [6, 6.07) is 8.41. The Kier molecular flexibility index (Phi) is 9.11. The summed E-state index contributed by atoms with van der Waals surface area (Å²) in [7, 11) is 1.68. The molecule has 0 bridgehead atoms. The Hall–Kier alpha value is -1.72. The van der Waals surface area contributed by atoms with E-state index in [0.717, 1.165) is 11.6 Å². The molecular weight excluding hydrogens is 270 g/mol. The van der Waals surface area contributed by atoms with Crippen molar-refractivity contribution in [2.45, 2.75) is 46.0 Å². The van der Waals surface area contributed by atoms with Gasteiger partial charge >= 0.3 is 0 Å². The molecule has 0 saturated heterocycles. The highest BCUT2D eigenvalue weighted by molar-refractivity contribution is 5.46. The molecule has 0 saturated carbocycles. The van der Waals surface area contributed by atoms with Crippen LogP contribution in [0.2, 0.25) is 0 Å². The summed E-state index contributed by atoms with van der Waals surface area (Å²) in [5, 5.41) is 3.17. The monoisotopic (exact) mass is 301 g/mol. The van der Waals surface area contributed by atoms with Gasteiger partial charge < -0.3 is 10.1 Å². The third-order valence-electron chi connectivity index (χ3n) is 3.74. The Bertz CT molecular complexity index is 508. The fourth-order valence-corrected chi connectivity index (χ4v) is 2.16. The molecule has 0 aromatic heterocycles. The fourth-order valence-electron chi connectivity index (χ4n) is 2.16. The van der Waals surface area contributed by atoms with Crippen LogP contribution in [0.5, 0.6) is 0 Å². The summed E-state index contributed by atoms with van der Waals surface area (Å²) in [6.07, 6.45) is 7.80. The first-order valence-corrected chi connectivity index (χ1v) is 8.14. The average molecular weight is 301 g/mol. The van der Waals surface area contributed by atoms with Crippen LogP contribution in [0, 0.1) is 5.92 Å². The van der Waals surface area contributed by atoms with Crippen LogP contribution in [0.1, 0.15) is 52.9 Å². The van der Waals surface area contributed by atoms with Gasteiger partial charge in [0.25, 0.3) is 0 Å². The van der Waals surface area contributed by atoms with Crippen LogP contribution in [0.4, 0.5) is 5.69 Å². The molecule has 0 aliphatic heterocycles. The molecule has 1 aromatic carbocycles. The lowest BCUT2D eigenvalue weighted by Crippen LogP contribution is -2.03.